The van der Waals surface area contributed by atoms with Gasteiger partial charge in [-0.2, -0.15) is 0 Å². The first-order valence-electron chi connectivity index (χ1n) is 12.6. The van der Waals surface area contributed by atoms with Gasteiger partial charge in [-0.25, -0.2) is 0 Å². The second-order valence-corrected chi connectivity index (χ2v) is 10.1. The maximum absolute atomic E-state index is 9.62. The van der Waals surface area contributed by atoms with Crippen LogP contribution in [0.3, 0.4) is 0 Å². The Kier molecular flexibility index (Phi) is 5.71. The zero-order valence-corrected chi connectivity index (χ0v) is 21.0. The van der Waals surface area contributed by atoms with Crippen molar-refractivity contribution < 1.29 is 10.0 Å². The molecule has 0 bridgehead atoms. The van der Waals surface area contributed by atoms with E-state index >= 15 is 0 Å². The fourth-order valence-electron chi connectivity index (χ4n) is 5.51. The lowest BCUT2D eigenvalue weighted by Crippen LogP contribution is -2.29. The molecule has 5 aromatic rings. The lowest BCUT2D eigenvalue weighted by Gasteiger charge is -2.28. The molecule has 0 spiro atoms. The Morgan fingerprint density at radius 2 is 1.08 bits per heavy atom. The monoisotopic (exact) mass is 481 g/mol. The number of benzene rings is 5. The molecule has 0 aromatic heterocycles. The Balaban J connectivity index is 1.47. The number of hydrogen-bond donors (Lipinski definition) is 2. The highest BCUT2D eigenvalue weighted by atomic mass is 16.4. The second kappa shape index (κ2) is 9.08. The molecule has 0 fully saturated rings. The molecule has 6 rings (SSSR count). The number of fused-ring (bicyclic) bond motifs is 3. The molecule has 0 unspecified atom stereocenters. The minimum absolute atomic E-state index is 0.102. The molecule has 1 aliphatic rings. The highest BCUT2D eigenvalue weighted by Gasteiger charge is 2.35. The standard InChI is InChI=1S/C33H28BNO2/c1-33(2)31-11-7-6-10-29(31)30-21-20-28(22-32(30)33)35(27-18-14-25(15-19-27)34(36)37)26-16-12-24(13-17-26)23-8-4-3-5-9-23/h3-22,36-37H,1-2H3. The first-order valence-corrected chi connectivity index (χ1v) is 12.6. The summed E-state index contributed by atoms with van der Waals surface area (Å²) in [6, 6.07) is 41.7. The Morgan fingerprint density at radius 1 is 0.541 bits per heavy atom. The van der Waals surface area contributed by atoms with Gasteiger partial charge in [-0.15, -0.1) is 0 Å². The minimum atomic E-state index is -1.49. The first kappa shape index (κ1) is 23.3. The van der Waals surface area contributed by atoms with Crippen molar-refractivity contribution in [3.63, 3.8) is 0 Å². The summed E-state index contributed by atoms with van der Waals surface area (Å²) >= 11 is 0. The van der Waals surface area contributed by atoms with Gasteiger partial charge in [0.15, 0.2) is 0 Å². The predicted octanol–water partition coefficient (Wildman–Crippen LogP) is 6.81. The Morgan fingerprint density at radius 3 is 1.76 bits per heavy atom. The smallest absolute Gasteiger partial charge is 0.423 e. The summed E-state index contributed by atoms with van der Waals surface area (Å²) in [5.41, 5.74) is 11.0. The zero-order chi connectivity index (χ0) is 25.6. The summed E-state index contributed by atoms with van der Waals surface area (Å²) in [5, 5.41) is 19.2. The molecule has 5 aromatic carbocycles. The van der Waals surface area contributed by atoms with Gasteiger partial charge in [0.1, 0.15) is 0 Å². The first-order chi connectivity index (χ1) is 17.9. The topological polar surface area (TPSA) is 43.7 Å². The van der Waals surface area contributed by atoms with Crippen LogP contribution in [-0.4, -0.2) is 17.2 Å². The normalized spacial score (nSPS) is 13.1. The third-order valence-corrected chi connectivity index (χ3v) is 7.51. The highest BCUT2D eigenvalue weighted by Crippen LogP contribution is 2.50. The van der Waals surface area contributed by atoms with Crippen molar-refractivity contribution in [2.45, 2.75) is 19.3 Å². The molecule has 3 nitrogen and oxygen atoms in total. The zero-order valence-electron chi connectivity index (χ0n) is 21.0. The van der Waals surface area contributed by atoms with Crippen LogP contribution in [0.1, 0.15) is 25.0 Å². The largest absolute Gasteiger partial charge is 0.488 e. The molecule has 0 saturated heterocycles. The van der Waals surface area contributed by atoms with Crippen molar-refractivity contribution in [1.82, 2.24) is 0 Å². The molecule has 0 aliphatic heterocycles. The second-order valence-electron chi connectivity index (χ2n) is 10.1. The van der Waals surface area contributed by atoms with Crippen LogP contribution in [0.5, 0.6) is 0 Å². The maximum Gasteiger partial charge on any atom is 0.488 e. The molecule has 0 heterocycles. The predicted molar refractivity (Wildman–Crippen MR) is 154 cm³/mol. The summed E-state index contributed by atoms with van der Waals surface area (Å²) in [5.74, 6) is 0. The van der Waals surface area contributed by atoms with Gasteiger partial charge in [-0.3, -0.25) is 0 Å². The fraction of sp³-hybridized carbons (Fsp3) is 0.0909. The van der Waals surface area contributed by atoms with Gasteiger partial charge in [-0.1, -0.05) is 98.8 Å². The Labute approximate surface area is 218 Å². The van der Waals surface area contributed by atoms with Crippen LogP contribution in [0, 0.1) is 0 Å². The number of rotatable bonds is 5. The minimum Gasteiger partial charge on any atom is -0.423 e. The molecule has 1 aliphatic carbocycles. The molecule has 0 radical (unpaired) electrons. The summed E-state index contributed by atoms with van der Waals surface area (Å²) in [6.07, 6.45) is 0. The van der Waals surface area contributed by atoms with Gasteiger partial charge in [0.05, 0.1) is 0 Å². The molecule has 4 heteroatoms. The number of anilines is 3. The van der Waals surface area contributed by atoms with Crippen molar-refractivity contribution in [3.05, 3.63) is 132 Å². The van der Waals surface area contributed by atoms with E-state index in [1.54, 1.807) is 12.1 Å². The molecular formula is C33H28BNO2. The third kappa shape index (κ3) is 4.05. The molecular weight excluding hydrogens is 453 g/mol. The highest BCUT2D eigenvalue weighted by molar-refractivity contribution is 6.58. The van der Waals surface area contributed by atoms with E-state index in [9.17, 15) is 10.0 Å². The molecule has 0 saturated carbocycles. The van der Waals surface area contributed by atoms with E-state index in [0.29, 0.717) is 5.46 Å². The van der Waals surface area contributed by atoms with Crippen LogP contribution >= 0.6 is 0 Å². The Bertz CT molecular complexity index is 1560. The third-order valence-electron chi connectivity index (χ3n) is 7.51. The van der Waals surface area contributed by atoms with Gasteiger partial charge in [-0.05, 0) is 75.2 Å². The van der Waals surface area contributed by atoms with Crippen molar-refractivity contribution in [1.29, 1.82) is 0 Å². The molecule has 180 valence electrons. The van der Waals surface area contributed by atoms with Crippen LogP contribution in [0.4, 0.5) is 17.1 Å². The molecule has 0 amide bonds. The summed E-state index contributed by atoms with van der Waals surface area (Å²) in [7, 11) is -1.49. The van der Waals surface area contributed by atoms with Crippen molar-refractivity contribution in [2.24, 2.45) is 0 Å². The van der Waals surface area contributed by atoms with Gasteiger partial charge in [0.25, 0.3) is 0 Å². The van der Waals surface area contributed by atoms with Crippen molar-refractivity contribution >= 4 is 29.6 Å². The van der Waals surface area contributed by atoms with Crippen molar-refractivity contribution in [3.8, 4) is 22.3 Å². The lowest BCUT2D eigenvalue weighted by atomic mass is 9.80. The van der Waals surface area contributed by atoms with E-state index < -0.39 is 7.12 Å². The van der Waals surface area contributed by atoms with E-state index in [4.69, 9.17) is 0 Å². The van der Waals surface area contributed by atoms with Crippen molar-refractivity contribution in [2.75, 3.05) is 4.90 Å². The average molecular weight is 481 g/mol. The van der Waals surface area contributed by atoms with Crippen LogP contribution in [0.25, 0.3) is 22.3 Å². The van der Waals surface area contributed by atoms with Gasteiger partial charge < -0.3 is 14.9 Å². The van der Waals surface area contributed by atoms with Crippen LogP contribution in [0.15, 0.2) is 121 Å². The van der Waals surface area contributed by atoms with Gasteiger partial charge in [0, 0.05) is 22.5 Å². The van der Waals surface area contributed by atoms with E-state index in [0.717, 1.165) is 22.6 Å². The SMILES string of the molecule is CC1(C)c2ccccc2-c2ccc(N(c3ccc(B(O)O)cc3)c3ccc(-c4ccccc4)cc3)cc21. The van der Waals surface area contributed by atoms with E-state index in [1.807, 2.05) is 18.2 Å². The van der Waals surface area contributed by atoms with Crippen LogP contribution < -0.4 is 10.4 Å². The Hall–Kier alpha value is -4.12. The maximum atomic E-state index is 9.62. The fourth-order valence-corrected chi connectivity index (χ4v) is 5.51. The lowest BCUT2D eigenvalue weighted by molar-refractivity contribution is 0.426. The summed E-state index contributed by atoms with van der Waals surface area (Å²) < 4.78 is 0. The molecule has 0 atom stereocenters. The molecule has 2 N–H and O–H groups in total. The van der Waals surface area contributed by atoms with E-state index in [2.05, 4.69) is 110 Å². The average Bonchev–Trinajstić information content (AvgIpc) is 3.16. The summed E-state index contributed by atoms with van der Waals surface area (Å²) in [4.78, 5) is 2.22. The quantitative estimate of drug-likeness (QED) is 0.271. The van der Waals surface area contributed by atoms with Crippen LogP contribution in [-0.2, 0) is 5.41 Å². The van der Waals surface area contributed by atoms with Gasteiger partial charge >= 0.3 is 7.12 Å². The van der Waals surface area contributed by atoms with Gasteiger partial charge in [0.2, 0.25) is 0 Å². The number of hydrogen-bond acceptors (Lipinski definition) is 3. The van der Waals surface area contributed by atoms with Crippen LogP contribution in [0.2, 0.25) is 0 Å². The van der Waals surface area contributed by atoms with E-state index in [-0.39, 0.29) is 5.41 Å². The molecule has 37 heavy (non-hydrogen) atoms. The van der Waals surface area contributed by atoms with E-state index in [1.165, 1.54) is 27.8 Å². The summed E-state index contributed by atoms with van der Waals surface area (Å²) in [6.45, 7) is 4.58. The number of nitrogens with zero attached hydrogens (tertiary/aromatic N) is 1.